The van der Waals surface area contributed by atoms with Crippen LogP contribution in [0.25, 0.3) is 11.3 Å². The minimum absolute atomic E-state index is 0.0433. The van der Waals surface area contributed by atoms with E-state index in [1.54, 1.807) is 39.0 Å². The number of Topliss-reactive ketones (excluding diaryl/α,β-unsaturated/α-hetero) is 1. The number of aromatic nitrogens is 1. The number of nitrogens with one attached hydrogen (secondary N) is 2. The van der Waals surface area contributed by atoms with Gasteiger partial charge in [0, 0.05) is 23.4 Å². The topological polar surface area (TPSA) is 107 Å². The number of carbonyl (C=O) groups excluding carboxylic acids is 3. The highest BCUT2D eigenvalue weighted by molar-refractivity contribution is 6.12. The number of carbonyl (C=O) groups is 3. The van der Waals surface area contributed by atoms with Crippen LogP contribution in [-0.4, -0.2) is 41.2 Å². The van der Waals surface area contributed by atoms with Gasteiger partial charge >= 0.3 is 12.3 Å². The lowest BCUT2D eigenvalue weighted by Crippen LogP contribution is -2.28. The Hall–Kier alpha value is -4.41. The fourth-order valence-electron chi connectivity index (χ4n) is 3.93. The van der Waals surface area contributed by atoms with Gasteiger partial charge in [0.05, 0.1) is 23.5 Å². The van der Waals surface area contributed by atoms with Gasteiger partial charge in [-0.25, -0.2) is 4.79 Å². The van der Waals surface area contributed by atoms with Gasteiger partial charge in [-0.3, -0.25) is 19.9 Å². The molecule has 11 heteroatoms. The molecule has 0 saturated heterocycles. The lowest BCUT2D eigenvalue weighted by atomic mass is 10.0. The Bertz CT molecular complexity index is 1430. The van der Waals surface area contributed by atoms with E-state index in [0.29, 0.717) is 17.2 Å². The molecule has 8 nitrogen and oxygen atoms in total. The average molecular weight is 570 g/mol. The number of nitrogens with zero attached hydrogens (tertiary/aromatic N) is 1. The molecule has 2 aromatic carbocycles. The number of hydrogen-bond acceptors (Lipinski definition) is 6. The van der Waals surface area contributed by atoms with Crippen LogP contribution in [0.15, 0.2) is 60.8 Å². The van der Waals surface area contributed by atoms with Gasteiger partial charge in [0.1, 0.15) is 11.4 Å². The Kier molecular flexibility index (Phi) is 8.65. The minimum atomic E-state index is -4.57. The number of anilines is 2. The summed E-state index contributed by atoms with van der Waals surface area (Å²) in [7, 11) is 0. The molecule has 1 aliphatic rings. The first-order valence-electron chi connectivity index (χ1n) is 13.0. The maximum absolute atomic E-state index is 12.9. The molecule has 4 rings (SSSR count). The number of pyridine rings is 1. The van der Waals surface area contributed by atoms with Crippen molar-refractivity contribution in [2.24, 2.45) is 0 Å². The molecule has 0 unspecified atom stereocenters. The molecule has 41 heavy (non-hydrogen) atoms. The van der Waals surface area contributed by atoms with Gasteiger partial charge in [-0.1, -0.05) is 24.3 Å². The number of rotatable bonds is 9. The molecule has 2 N–H and O–H groups in total. The zero-order valence-corrected chi connectivity index (χ0v) is 22.8. The Balaban J connectivity index is 1.45. The van der Waals surface area contributed by atoms with Crippen molar-refractivity contribution in [2.75, 3.05) is 17.2 Å². The van der Waals surface area contributed by atoms with Crippen molar-refractivity contribution in [3.8, 4) is 17.0 Å². The summed E-state index contributed by atoms with van der Waals surface area (Å²) in [5.74, 6) is -0.765. The molecule has 3 aromatic rings. The molecule has 0 atom stereocenters. The molecule has 1 saturated carbocycles. The Morgan fingerprint density at radius 2 is 1.71 bits per heavy atom. The van der Waals surface area contributed by atoms with E-state index in [1.165, 1.54) is 30.5 Å². The SMILES string of the molecule is CC(C)(C)OC(=O)Nc1cc(OCC(F)(F)F)ccc1NC(=O)CC(=O)c1cccc(-c2ccc(C3CC3)cn2)c1. The third-order valence-corrected chi connectivity index (χ3v) is 5.94. The van der Waals surface area contributed by atoms with E-state index in [1.807, 2.05) is 24.4 Å². The van der Waals surface area contributed by atoms with Gasteiger partial charge in [0.25, 0.3) is 0 Å². The van der Waals surface area contributed by atoms with E-state index in [4.69, 9.17) is 9.47 Å². The van der Waals surface area contributed by atoms with Gasteiger partial charge in [0.2, 0.25) is 5.91 Å². The van der Waals surface area contributed by atoms with Crippen LogP contribution in [0.4, 0.5) is 29.3 Å². The minimum Gasteiger partial charge on any atom is -0.484 e. The molecular formula is C30H30F3N3O5. The molecule has 0 spiro atoms. The zero-order valence-electron chi connectivity index (χ0n) is 22.8. The first kappa shape index (κ1) is 29.6. The standard InChI is InChI=1S/C30H30F3N3O5/c1-29(2,3)41-28(39)36-25-14-22(40-17-30(31,32)33)10-12-24(25)35-27(38)15-26(37)20-6-4-5-19(13-20)23-11-9-21(16-34-23)18-7-8-18/h4-6,9-14,16,18H,7-8,15,17H2,1-3H3,(H,35,38)(H,36,39). The molecule has 0 bridgehead atoms. The smallest absolute Gasteiger partial charge is 0.422 e. The predicted molar refractivity (Wildman–Crippen MR) is 147 cm³/mol. The van der Waals surface area contributed by atoms with Crippen molar-refractivity contribution < 1.29 is 37.0 Å². The fraction of sp³-hybridized carbons (Fsp3) is 0.333. The van der Waals surface area contributed by atoms with E-state index in [-0.39, 0.29) is 17.1 Å². The lowest BCUT2D eigenvalue weighted by Gasteiger charge is -2.21. The van der Waals surface area contributed by atoms with E-state index >= 15 is 0 Å². The monoisotopic (exact) mass is 569 g/mol. The highest BCUT2D eigenvalue weighted by Crippen LogP contribution is 2.40. The average Bonchev–Trinajstić information content (AvgIpc) is 3.73. The van der Waals surface area contributed by atoms with Crippen LogP contribution in [0.2, 0.25) is 0 Å². The second kappa shape index (κ2) is 12.0. The summed E-state index contributed by atoms with van der Waals surface area (Å²) in [6.07, 6.45) is -1.80. The normalized spacial score (nSPS) is 13.3. The second-order valence-electron chi connectivity index (χ2n) is 10.7. The van der Waals surface area contributed by atoms with E-state index in [9.17, 15) is 27.6 Å². The molecule has 1 heterocycles. The molecule has 0 aliphatic heterocycles. The number of halogens is 3. The Morgan fingerprint density at radius 1 is 0.951 bits per heavy atom. The molecule has 1 fully saturated rings. The van der Waals surface area contributed by atoms with Crippen molar-refractivity contribution >= 4 is 29.2 Å². The van der Waals surface area contributed by atoms with Crippen molar-refractivity contribution in [1.29, 1.82) is 0 Å². The number of ketones is 1. The first-order chi connectivity index (χ1) is 19.3. The summed E-state index contributed by atoms with van der Waals surface area (Å²) in [5.41, 5.74) is 2.07. The van der Waals surface area contributed by atoms with Crippen molar-refractivity contribution in [1.82, 2.24) is 4.98 Å². The van der Waals surface area contributed by atoms with Crippen LogP contribution in [0, 0.1) is 0 Å². The van der Waals surface area contributed by atoms with Crippen molar-refractivity contribution in [3.05, 3.63) is 71.9 Å². The molecule has 2 amide bonds. The van der Waals surface area contributed by atoms with Crippen LogP contribution in [-0.2, 0) is 9.53 Å². The Labute approximate surface area is 235 Å². The molecule has 1 aromatic heterocycles. The first-order valence-corrected chi connectivity index (χ1v) is 13.0. The van der Waals surface area contributed by atoms with Crippen LogP contribution in [0.3, 0.4) is 0 Å². The Morgan fingerprint density at radius 3 is 2.34 bits per heavy atom. The predicted octanol–water partition coefficient (Wildman–Crippen LogP) is 7.13. The van der Waals surface area contributed by atoms with Crippen LogP contribution in [0.5, 0.6) is 5.75 Å². The number of benzene rings is 2. The largest absolute Gasteiger partial charge is 0.484 e. The summed E-state index contributed by atoms with van der Waals surface area (Å²) in [6, 6.07) is 14.3. The van der Waals surface area contributed by atoms with Crippen LogP contribution >= 0.6 is 0 Å². The quantitative estimate of drug-likeness (QED) is 0.210. The second-order valence-corrected chi connectivity index (χ2v) is 10.7. The maximum atomic E-state index is 12.9. The van der Waals surface area contributed by atoms with E-state index in [0.717, 1.165) is 11.6 Å². The lowest BCUT2D eigenvalue weighted by molar-refractivity contribution is -0.153. The third-order valence-electron chi connectivity index (χ3n) is 5.94. The highest BCUT2D eigenvalue weighted by atomic mass is 19.4. The van der Waals surface area contributed by atoms with Crippen LogP contribution < -0.4 is 15.4 Å². The van der Waals surface area contributed by atoms with Gasteiger partial charge in [0.15, 0.2) is 12.4 Å². The van der Waals surface area contributed by atoms with E-state index in [2.05, 4.69) is 15.6 Å². The number of ether oxygens (including phenoxy) is 2. The van der Waals surface area contributed by atoms with Gasteiger partial charge in [-0.2, -0.15) is 13.2 Å². The summed E-state index contributed by atoms with van der Waals surface area (Å²) in [6.45, 7) is 3.37. The summed E-state index contributed by atoms with van der Waals surface area (Å²) < 4.78 is 47.8. The summed E-state index contributed by atoms with van der Waals surface area (Å²) in [4.78, 5) is 42.6. The van der Waals surface area contributed by atoms with Gasteiger partial charge in [-0.15, -0.1) is 0 Å². The third kappa shape index (κ3) is 9.06. The number of amides is 2. The molecule has 1 aliphatic carbocycles. The van der Waals surface area contributed by atoms with Crippen molar-refractivity contribution in [2.45, 2.75) is 57.7 Å². The number of hydrogen-bond donors (Lipinski definition) is 2. The van der Waals surface area contributed by atoms with Gasteiger partial charge in [-0.05, 0) is 69.4 Å². The fourth-order valence-corrected chi connectivity index (χ4v) is 3.93. The molecule has 216 valence electrons. The summed E-state index contributed by atoms with van der Waals surface area (Å²) >= 11 is 0. The molecular weight excluding hydrogens is 539 g/mol. The molecule has 0 radical (unpaired) electrons. The highest BCUT2D eigenvalue weighted by Gasteiger charge is 2.29. The zero-order chi connectivity index (χ0) is 29.8. The maximum Gasteiger partial charge on any atom is 0.422 e. The van der Waals surface area contributed by atoms with Gasteiger partial charge < -0.3 is 14.8 Å². The van der Waals surface area contributed by atoms with E-state index < -0.39 is 42.6 Å². The number of alkyl halides is 3. The van der Waals surface area contributed by atoms with Crippen LogP contribution in [0.1, 0.15) is 61.9 Å². The summed E-state index contributed by atoms with van der Waals surface area (Å²) in [5, 5.41) is 4.93. The van der Waals surface area contributed by atoms with Crippen molar-refractivity contribution in [3.63, 3.8) is 0 Å².